The van der Waals surface area contributed by atoms with Crippen LogP contribution in [0.15, 0.2) is 21.7 Å². The van der Waals surface area contributed by atoms with Crippen LogP contribution in [-0.4, -0.2) is 36.6 Å². The molecule has 0 aromatic carbocycles. The van der Waals surface area contributed by atoms with Crippen LogP contribution in [0.2, 0.25) is 0 Å². The maximum absolute atomic E-state index is 12.1. The molecule has 0 saturated heterocycles. The van der Waals surface area contributed by atoms with E-state index in [2.05, 4.69) is 15.0 Å². The first-order valence-corrected chi connectivity index (χ1v) is 8.92. The Morgan fingerprint density at radius 3 is 3.19 bits per heavy atom. The number of hydrogen-bond donors (Lipinski definition) is 1. The fourth-order valence-corrected chi connectivity index (χ4v) is 4.36. The molecule has 1 N–H and O–H groups in total. The first kappa shape index (κ1) is 14.6. The molecule has 0 aliphatic carbocycles. The summed E-state index contributed by atoms with van der Waals surface area (Å²) >= 11 is 1.20. The number of sulfonamides is 1. The second-order valence-electron chi connectivity index (χ2n) is 4.97. The van der Waals surface area contributed by atoms with Gasteiger partial charge in [-0.05, 0) is 18.4 Å². The molecule has 0 amide bonds. The van der Waals surface area contributed by atoms with Crippen molar-refractivity contribution in [1.29, 1.82) is 0 Å². The van der Waals surface area contributed by atoms with E-state index in [0.29, 0.717) is 30.5 Å². The van der Waals surface area contributed by atoms with Crippen LogP contribution >= 0.6 is 11.3 Å². The number of nitrogens with zero attached hydrogens (tertiary/aromatic N) is 3. The van der Waals surface area contributed by atoms with Gasteiger partial charge in [-0.25, -0.2) is 17.8 Å². The van der Waals surface area contributed by atoms with Gasteiger partial charge in [0.2, 0.25) is 10.0 Å². The molecule has 0 saturated carbocycles. The Hall–Kier alpha value is -1.29. The van der Waals surface area contributed by atoms with Crippen LogP contribution in [0, 0.1) is 12.8 Å². The molecule has 0 bridgehead atoms. The third-order valence-corrected chi connectivity index (χ3v) is 6.20. The molecule has 1 aliphatic rings. The quantitative estimate of drug-likeness (QED) is 0.896. The summed E-state index contributed by atoms with van der Waals surface area (Å²) in [5.41, 5.74) is 1.81. The van der Waals surface area contributed by atoms with Crippen LogP contribution in [0.1, 0.15) is 11.4 Å². The molecule has 114 valence electrons. The van der Waals surface area contributed by atoms with E-state index in [4.69, 9.17) is 4.74 Å². The molecule has 0 spiro atoms. The largest absolute Gasteiger partial charge is 0.375 e. The van der Waals surface area contributed by atoms with Crippen molar-refractivity contribution < 1.29 is 13.2 Å². The van der Waals surface area contributed by atoms with Crippen LogP contribution in [0.5, 0.6) is 0 Å². The van der Waals surface area contributed by atoms with Crippen molar-refractivity contribution in [3.8, 4) is 0 Å². The fourth-order valence-electron chi connectivity index (χ4n) is 2.20. The van der Waals surface area contributed by atoms with Crippen LogP contribution < -0.4 is 4.72 Å². The van der Waals surface area contributed by atoms with E-state index >= 15 is 0 Å². The van der Waals surface area contributed by atoms with Gasteiger partial charge in [-0.3, -0.25) is 0 Å². The zero-order valence-electron chi connectivity index (χ0n) is 11.5. The summed E-state index contributed by atoms with van der Waals surface area (Å²) in [6.07, 6.45) is 0. The van der Waals surface area contributed by atoms with Gasteiger partial charge in [0.25, 0.3) is 0 Å². The Labute approximate surface area is 127 Å². The van der Waals surface area contributed by atoms with Crippen molar-refractivity contribution in [3.05, 3.63) is 28.9 Å². The van der Waals surface area contributed by atoms with Crippen LogP contribution in [-0.2, 0) is 27.9 Å². The Bertz CT molecular complexity index is 709. The Morgan fingerprint density at radius 2 is 2.43 bits per heavy atom. The smallest absolute Gasteiger partial charge is 0.250 e. The van der Waals surface area contributed by atoms with Crippen molar-refractivity contribution in [2.45, 2.75) is 24.3 Å². The molecule has 2 aromatic rings. The normalized spacial score (nSPS) is 19.2. The van der Waals surface area contributed by atoms with E-state index in [1.54, 1.807) is 22.2 Å². The zero-order valence-corrected chi connectivity index (χ0v) is 13.2. The van der Waals surface area contributed by atoms with Gasteiger partial charge in [0.05, 0.1) is 24.6 Å². The van der Waals surface area contributed by atoms with Gasteiger partial charge in [0.15, 0.2) is 0 Å². The van der Waals surface area contributed by atoms with Gasteiger partial charge in [0.1, 0.15) is 4.21 Å². The summed E-state index contributed by atoms with van der Waals surface area (Å²) in [6.45, 7) is 3.77. The van der Waals surface area contributed by atoms with Crippen LogP contribution in [0.4, 0.5) is 0 Å². The molecule has 2 aromatic heterocycles. The SMILES string of the molecule is Cc1nnn2c1COC[C@@H](CNS(=O)(=O)c1cccs1)C2. The molecule has 0 fully saturated rings. The maximum Gasteiger partial charge on any atom is 0.250 e. The van der Waals surface area contributed by atoms with E-state index < -0.39 is 10.0 Å². The van der Waals surface area contributed by atoms with E-state index in [9.17, 15) is 8.42 Å². The van der Waals surface area contributed by atoms with Crippen LogP contribution in [0.25, 0.3) is 0 Å². The molecule has 3 rings (SSSR count). The molecular formula is C12H16N4O3S2. The van der Waals surface area contributed by atoms with Gasteiger partial charge in [0, 0.05) is 19.0 Å². The van der Waals surface area contributed by atoms with Crippen molar-refractivity contribution in [3.63, 3.8) is 0 Å². The lowest BCUT2D eigenvalue weighted by atomic mass is 10.1. The molecule has 21 heavy (non-hydrogen) atoms. The zero-order chi connectivity index (χ0) is 14.9. The number of hydrogen-bond acceptors (Lipinski definition) is 6. The number of rotatable bonds is 4. The lowest BCUT2D eigenvalue weighted by Crippen LogP contribution is -2.32. The Kier molecular flexibility index (Phi) is 4.07. The third-order valence-electron chi connectivity index (χ3n) is 3.38. The average Bonchev–Trinajstić information content (AvgIpc) is 3.04. The predicted molar refractivity (Wildman–Crippen MR) is 77.4 cm³/mol. The molecule has 7 nitrogen and oxygen atoms in total. The van der Waals surface area contributed by atoms with E-state index in [0.717, 1.165) is 11.4 Å². The van der Waals surface area contributed by atoms with Crippen molar-refractivity contribution >= 4 is 21.4 Å². The summed E-state index contributed by atoms with van der Waals surface area (Å²) in [6, 6.07) is 3.31. The molecule has 0 unspecified atom stereocenters. The van der Waals surface area contributed by atoms with Gasteiger partial charge >= 0.3 is 0 Å². The second-order valence-corrected chi connectivity index (χ2v) is 7.91. The highest BCUT2D eigenvalue weighted by Gasteiger charge is 2.22. The van der Waals surface area contributed by atoms with Crippen molar-refractivity contribution in [2.75, 3.05) is 13.2 Å². The molecule has 1 aliphatic heterocycles. The number of fused-ring (bicyclic) bond motifs is 1. The second kappa shape index (κ2) is 5.84. The van der Waals surface area contributed by atoms with Gasteiger partial charge in [-0.15, -0.1) is 16.4 Å². The molecule has 9 heteroatoms. The minimum atomic E-state index is -3.43. The van der Waals surface area contributed by atoms with E-state index in [1.807, 2.05) is 6.92 Å². The average molecular weight is 328 g/mol. The number of aromatic nitrogens is 3. The van der Waals surface area contributed by atoms with E-state index in [-0.39, 0.29) is 5.92 Å². The van der Waals surface area contributed by atoms with Crippen molar-refractivity contribution in [2.24, 2.45) is 5.92 Å². The van der Waals surface area contributed by atoms with Gasteiger partial charge < -0.3 is 4.74 Å². The highest BCUT2D eigenvalue weighted by Crippen LogP contribution is 2.17. The topological polar surface area (TPSA) is 86.1 Å². The highest BCUT2D eigenvalue weighted by molar-refractivity contribution is 7.91. The molecule has 1 atom stereocenters. The third kappa shape index (κ3) is 3.15. The monoisotopic (exact) mass is 328 g/mol. The summed E-state index contributed by atoms with van der Waals surface area (Å²) in [7, 11) is -3.43. The summed E-state index contributed by atoms with van der Waals surface area (Å²) in [5.74, 6) is 0.0297. The lowest BCUT2D eigenvalue weighted by Gasteiger charge is -2.14. The summed E-state index contributed by atoms with van der Waals surface area (Å²) < 4.78 is 34.5. The highest BCUT2D eigenvalue weighted by atomic mass is 32.2. The standard InChI is InChI=1S/C12H16N4O3S2/c1-9-11-8-19-7-10(6-16(11)15-14-9)5-13-21(17,18)12-3-2-4-20-12/h2-4,10,13H,5-8H2,1H3/t10-/m0/s1. The lowest BCUT2D eigenvalue weighted by molar-refractivity contribution is 0.0954. The first-order chi connectivity index (χ1) is 10.1. The van der Waals surface area contributed by atoms with E-state index in [1.165, 1.54) is 11.3 Å². The van der Waals surface area contributed by atoms with Crippen molar-refractivity contribution in [1.82, 2.24) is 19.7 Å². The first-order valence-electron chi connectivity index (χ1n) is 6.56. The maximum atomic E-state index is 12.1. The number of aryl methyl sites for hydroxylation is 1. The minimum absolute atomic E-state index is 0.0297. The summed E-state index contributed by atoms with van der Waals surface area (Å²) in [5, 5.41) is 9.84. The Balaban J connectivity index is 1.66. The molecule has 3 heterocycles. The number of nitrogens with one attached hydrogen (secondary N) is 1. The fraction of sp³-hybridized carbons (Fsp3) is 0.500. The van der Waals surface area contributed by atoms with Gasteiger partial charge in [-0.1, -0.05) is 11.3 Å². The predicted octanol–water partition coefficient (Wildman–Crippen LogP) is 0.773. The number of thiophene rings is 1. The Morgan fingerprint density at radius 1 is 1.57 bits per heavy atom. The summed E-state index contributed by atoms with van der Waals surface area (Å²) in [4.78, 5) is 0. The number of ether oxygens (including phenoxy) is 1. The molecular weight excluding hydrogens is 312 g/mol. The van der Waals surface area contributed by atoms with Gasteiger partial charge in [-0.2, -0.15) is 0 Å². The van der Waals surface area contributed by atoms with Crippen LogP contribution in [0.3, 0.4) is 0 Å². The molecule has 0 radical (unpaired) electrons. The minimum Gasteiger partial charge on any atom is -0.375 e.